The highest BCUT2D eigenvalue weighted by Gasteiger charge is 2.43. The van der Waals surface area contributed by atoms with E-state index in [-0.39, 0.29) is 18.4 Å². The van der Waals surface area contributed by atoms with E-state index in [0.29, 0.717) is 6.61 Å². The van der Waals surface area contributed by atoms with Crippen LogP contribution in [0.4, 0.5) is 0 Å². The Balaban J connectivity index is 0.00000200. The van der Waals surface area contributed by atoms with Crippen molar-refractivity contribution >= 4 is 5.97 Å². The molecule has 1 aromatic rings. The molecule has 1 fully saturated rings. The quantitative estimate of drug-likeness (QED) is 0.693. The number of halogens is 1. The highest BCUT2D eigenvalue weighted by molar-refractivity contribution is 5.83. The van der Waals surface area contributed by atoms with Crippen LogP contribution in [-0.2, 0) is 14.9 Å². The predicted octanol–water partition coefficient (Wildman–Crippen LogP) is -0.393. The summed E-state index contributed by atoms with van der Waals surface area (Å²) in [4.78, 5) is 14.5. The molecule has 0 radical (unpaired) electrons. The molecule has 1 saturated carbocycles. The third kappa shape index (κ3) is 3.74. The lowest BCUT2D eigenvalue weighted by molar-refractivity contribution is -0.150. The van der Waals surface area contributed by atoms with Crippen molar-refractivity contribution < 1.29 is 21.9 Å². The number of rotatable bonds is 5. The monoisotopic (exact) mass is 296 g/mol. The van der Waals surface area contributed by atoms with E-state index in [4.69, 9.17) is 4.74 Å². The summed E-state index contributed by atoms with van der Waals surface area (Å²) in [5, 5.41) is 0. The summed E-state index contributed by atoms with van der Waals surface area (Å²) in [5.74, 6) is -0.0435. The molecular formula is C16H23ClNO2-. The van der Waals surface area contributed by atoms with E-state index in [1.54, 1.807) is 0 Å². The molecule has 3 nitrogen and oxygen atoms in total. The zero-order valence-electron chi connectivity index (χ0n) is 12.3. The molecule has 0 aliphatic heterocycles. The minimum absolute atomic E-state index is 0. The van der Waals surface area contributed by atoms with Gasteiger partial charge in [-0.2, -0.15) is 0 Å². The molecule has 0 aromatic heterocycles. The molecule has 0 saturated heterocycles. The fraction of sp³-hybridized carbons (Fsp3) is 0.562. The van der Waals surface area contributed by atoms with Crippen molar-refractivity contribution in [1.82, 2.24) is 4.90 Å². The highest BCUT2D eigenvalue weighted by Crippen LogP contribution is 2.42. The lowest BCUT2D eigenvalue weighted by Crippen LogP contribution is -3.00. The topological polar surface area (TPSA) is 29.5 Å². The second-order valence-electron chi connectivity index (χ2n) is 5.59. The molecule has 0 unspecified atom stereocenters. The minimum atomic E-state index is -0.395. The van der Waals surface area contributed by atoms with Gasteiger partial charge in [0.25, 0.3) is 0 Å². The lowest BCUT2D eigenvalue weighted by atomic mass is 9.79. The van der Waals surface area contributed by atoms with Gasteiger partial charge in [0.1, 0.15) is 6.61 Å². The second-order valence-corrected chi connectivity index (χ2v) is 5.59. The SMILES string of the molecule is CN(C)CCOC(=O)C1(c2ccccc2)CCCC1.[Cl-]. The molecule has 112 valence electrons. The Morgan fingerprint density at radius 1 is 1.20 bits per heavy atom. The number of esters is 1. The van der Waals surface area contributed by atoms with Gasteiger partial charge in [-0.05, 0) is 32.5 Å². The van der Waals surface area contributed by atoms with Crippen LogP contribution in [0.25, 0.3) is 0 Å². The van der Waals surface area contributed by atoms with Crippen LogP contribution < -0.4 is 12.4 Å². The van der Waals surface area contributed by atoms with Gasteiger partial charge in [0.2, 0.25) is 0 Å². The molecule has 0 spiro atoms. The molecule has 20 heavy (non-hydrogen) atoms. The van der Waals surface area contributed by atoms with Crippen molar-refractivity contribution in [2.45, 2.75) is 31.1 Å². The number of nitrogens with zero attached hydrogens (tertiary/aromatic N) is 1. The van der Waals surface area contributed by atoms with Crippen LogP contribution in [0, 0.1) is 0 Å². The molecule has 2 rings (SSSR count). The summed E-state index contributed by atoms with van der Waals surface area (Å²) < 4.78 is 5.51. The molecule has 0 heterocycles. The number of ether oxygens (including phenoxy) is 1. The first kappa shape index (κ1) is 17.0. The van der Waals surface area contributed by atoms with Gasteiger partial charge in [-0.1, -0.05) is 43.2 Å². The fourth-order valence-corrected chi connectivity index (χ4v) is 2.81. The molecule has 0 N–H and O–H groups in total. The molecule has 0 amide bonds. The molecule has 0 atom stereocenters. The summed E-state index contributed by atoms with van der Waals surface area (Å²) >= 11 is 0. The van der Waals surface area contributed by atoms with E-state index in [2.05, 4.69) is 12.1 Å². The van der Waals surface area contributed by atoms with E-state index in [1.165, 1.54) is 0 Å². The molecule has 1 aliphatic rings. The summed E-state index contributed by atoms with van der Waals surface area (Å²) in [6, 6.07) is 10.1. The van der Waals surface area contributed by atoms with E-state index in [9.17, 15) is 4.79 Å². The number of benzene rings is 1. The van der Waals surface area contributed by atoms with Crippen molar-refractivity contribution in [3.05, 3.63) is 35.9 Å². The van der Waals surface area contributed by atoms with Gasteiger partial charge < -0.3 is 22.0 Å². The third-order valence-electron chi connectivity index (χ3n) is 3.95. The first-order valence-electron chi connectivity index (χ1n) is 7.03. The highest BCUT2D eigenvalue weighted by atomic mass is 35.5. The maximum atomic E-state index is 12.5. The van der Waals surface area contributed by atoms with E-state index in [0.717, 1.165) is 37.8 Å². The maximum absolute atomic E-state index is 12.5. The van der Waals surface area contributed by atoms with Gasteiger partial charge in [-0.25, -0.2) is 0 Å². The van der Waals surface area contributed by atoms with Crippen LogP contribution in [0.15, 0.2) is 30.3 Å². The summed E-state index contributed by atoms with van der Waals surface area (Å²) in [6.07, 6.45) is 4.05. The number of carbonyl (C=O) groups excluding carboxylic acids is 1. The molecule has 4 heteroatoms. The van der Waals surface area contributed by atoms with Crippen molar-refractivity contribution in [2.75, 3.05) is 27.2 Å². The van der Waals surface area contributed by atoms with Gasteiger partial charge in [-0.15, -0.1) is 0 Å². The average Bonchev–Trinajstić information content (AvgIpc) is 2.90. The standard InChI is InChI=1S/C16H23NO2.ClH/c1-17(2)12-13-19-15(18)16(10-6-7-11-16)14-8-4-3-5-9-14;/h3-5,8-9H,6-7,10-13H2,1-2H3;1H/p-1. The third-order valence-corrected chi connectivity index (χ3v) is 3.95. The number of carbonyl (C=O) groups is 1. The largest absolute Gasteiger partial charge is 1.00 e. The Morgan fingerprint density at radius 2 is 1.80 bits per heavy atom. The van der Waals surface area contributed by atoms with Crippen molar-refractivity contribution in [3.8, 4) is 0 Å². The fourth-order valence-electron chi connectivity index (χ4n) is 2.81. The summed E-state index contributed by atoms with van der Waals surface area (Å²) in [7, 11) is 3.97. The van der Waals surface area contributed by atoms with Crippen molar-refractivity contribution in [3.63, 3.8) is 0 Å². The van der Waals surface area contributed by atoms with E-state index < -0.39 is 5.41 Å². The number of hydrogen-bond acceptors (Lipinski definition) is 3. The Kier molecular flexibility index (Phi) is 6.50. The van der Waals surface area contributed by atoms with Gasteiger partial charge in [0, 0.05) is 6.54 Å². The molecular weight excluding hydrogens is 274 g/mol. The van der Waals surface area contributed by atoms with Gasteiger partial charge in [0.15, 0.2) is 0 Å². The Morgan fingerprint density at radius 3 is 2.35 bits per heavy atom. The van der Waals surface area contributed by atoms with Gasteiger partial charge in [-0.3, -0.25) is 4.79 Å². The average molecular weight is 297 g/mol. The van der Waals surface area contributed by atoms with Gasteiger partial charge >= 0.3 is 5.97 Å². The zero-order chi connectivity index (χ0) is 13.7. The first-order chi connectivity index (χ1) is 9.15. The van der Waals surface area contributed by atoms with Crippen LogP contribution in [0.5, 0.6) is 0 Å². The second kappa shape index (κ2) is 7.65. The van der Waals surface area contributed by atoms with Crippen LogP contribution in [0.2, 0.25) is 0 Å². The van der Waals surface area contributed by atoms with Crippen LogP contribution >= 0.6 is 0 Å². The molecule has 1 aromatic carbocycles. The Bertz CT molecular complexity index is 414. The van der Waals surface area contributed by atoms with E-state index in [1.807, 2.05) is 37.2 Å². The zero-order valence-corrected chi connectivity index (χ0v) is 13.0. The van der Waals surface area contributed by atoms with Gasteiger partial charge in [0.05, 0.1) is 5.41 Å². The smallest absolute Gasteiger partial charge is 0.316 e. The number of likely N-dealkylation sites (N-methyl/N-ethyl adjacent to an activating group) is 1. The maximum Gasteiger partial charge on any atom is 0.316 e. The number of hydrogen-bond donors (Lipinski definition) is 0. The molecule has 1 aliphatic carbocycles. The lowest BCUT2D eigenvalue weighted by Gasteiger charge is -2.27. The van der Waals surface area contributed by atoms with Crippen molar-refractivity contribution in [2.24, 2.45) is 0 Å². The summed E-state index contributed by atoms with van der Waals surface area (Å²) in [5.41, 5.74) is 0.718. The van der Waals surface area contributed by atoms with Crippen LogP contribution in [0.1, 0.15) is 31.2 Å². The van der Waals surface area contributed by atoms with Crippen LogP contribution in [0.3, 0.4) is 0 Å². The summed E-state index contributed by atoms with van der Waals surface area (Å²) in [6.45, 7) is 1.25. The van der Waals surface area contributed by atoms with Crippen LogP contribution in [-0.4, -0.2) is 38.1 Å². The normalized spacial score (nSPS) is 16.8. The Labute approximate surface area is 127 Å². The van der Waals surface area contributed by atoms with E-state index >= 15 is 0 Å². The first-order valence-corrected chi connectivity index (χ1v) is 7.03. The van der Waals surface area contributed by atoms with Crippen molar-refractivity contribution in [1.29, 1.82) is 0 Å². The minimum Gasteiger partial charge on any atom is -1.00 e. The predicted molar refractivity (Wildman–Crippen MR) is 76.1 cm³/mol. The Hall–Kier alpha value is -1.06. The molecule has 0 bridgehead atoms.